The first-order valence-electron chi connectivity index (χ1n) is 6.32. The second-order valence-corrected chi connectivity index (χ2v) is 4.89. The molecule has 0 saturated carbocycles. The molecule has 0 aromatic carbocycles. The van der Waals surface area contributed by atoms with Crippen molar-refractivity contribution in [3.63, 3.8) is 0 Å². The molecule has 0 unspecified atom stereocenters. The van der Waals surface area contributed by atoms with Gasteiger partial charge < -0.3 is 15.1 Å². The zero-order valence-corrected chi connectivity index (χ0v) is 11.5. The van der Waals surface area contributed by atoms with Gasteiger partial charge in [0.05, 0.1) is 5.92 Å². The van der Waals surface area contributed by atoms with Gasteiger partial charge in [0, 0.05) is 18.8 Å². The maximum Gasteiger partial charge on any atom is 0.413 e. The maximum absolute atomic E-state index is 13.2. The van der Waals surface area contributed by atoms with E-state index < -0.39 is 23.8 Å². The number of hydrogen-bond donors (Lipinski definition) is 2. The maximum atomic E-state index is 13.2. The molecule has 1 aromatic heterocycles. The molecule has 0 amide bonds. The molecule has 114 valence electrons. The third-order valence-electron chi connectivity index (χ3n) is 3.41. The van der Waals surface area contributed by atoms with E-state index in [-0.39, 0.29) is 23.6 Å². The monoisotopic (exact) mass is 300 g/mol. The predicted octanol–water partition coefficient (Wildman–Crippen LogP) is 2.42. The highest BCUT2D eigenvalue weighted by molar-refractivity contribution is 5.80. The minimum Gasteiger partial charge on any atom is -0.385 e. The van der Waals surface area contributed by atoms with Crippen molar-refractivity contribution in [2.75, 3.05) is 0 Å². The number of aliphatic hydroxyl groups is 1. The Balaban J connectivity index is 2.47. The molecule has 0 aliphatic heterocycles. The van der Waals surface area contributed by atoms with Crippen LogP contribution >= 0.6 is 0 Å². The van der Waals surface area contributed by atoms with Crippen molar-refractivity contribution in [1.29, 1.82) is 5.41 Å². The van der Waals surface area contributed by atoms with E-state index in [2.05, 4.69) is 10.2 Å². The standard InChI is InChI=1S/C13H15F3N4O/c1-7(21)11-18-19-12(20(11)2)9-4-3-8(6-17)5-10(9)13(14,15)16/h3,5-7,9,17,21H,4H2,1-2H3/t7-,9-/m0/s1. The summed E-state index contributed by atoms with van der Waals surface area (Å²) < 4.78 is 41.0. The van der Waals surface area contributed by atoms with Gasteiger partial charge in [-0.05, 0) is 25.0 Å². The molecule has 8 heteroatoms. The van der Waals surface area contributed by atoms with Gasteiger partial charge >= 0.3 is 6.18 Å². The molecule has 2 rings (SSSR count). The fourth-order valence-corrected chi connectivity index (χ4v) is 2.37. The number of halogens is 3. The average Bonchev–Trinajstić information content (AvgIpc) is 2.79. The molecule has 1 aliphatic rings. The molecule has 0 radical (unpaired) electrons. The second kappa shape index (κ2) is 5.44. The van der Waals surface area contributed by atoms with Gasteiger partial charge in [-0.3, -0.25) is 0 Å². The fraction of sp³-hybridized carbons (Fsp3) is 0.462. The summed E-state index contributed by atoms with van der Waals surface area (Å²) in [7, 11) is 1.53. The summed E-state index contributed by atoms with van der Waals surface area (Å²) in [6, 6.07) is 0. The summed E-state index contributed by atoms with van der Waals surface area (Å²) in [6.45, 7) is 1.47. The molecule has 0 saturated heterocycles. The van der Waals surface area contributed by atoms with Crippen LogP contribution in [0.5, 0.6) is 0 Å². The van der Waals surface area contributed by atoms with Gasteiger partial charge in [0.15, 0.2) is 5.82 Å². The van der Waals surface area contributed by atoms with Crippen molar-refractivity contribution in [1.82, 2.24) is 14.8 Å². The Hall–Kier alpha value is -1.96. The van der Waals surface area contributed by atoms with Gasteiger partial charge in [0.2, 0.25) is 0 Å². The molecule has 21 heavy (non-hydrogen) atoms. The second-order valence-electron chi connectivity index (χ2n) is 4.89. The van der Waals surface area contributed by atoms with Crippen LogP contribution in [0.25, 0.3) is 0 Å². The van der Waals surface area contributed by atoms with Crippen LogP contribution in [-0.4, -0.2) is 32.3 Å². The Morgan fingerprint density at radius 1 is 1.48 bits per heavy atom. The largest absolute Gasteiger partial charge is 0.413 e. The van der Waals surface area contributed by atoms with Gasteiger partial charge in [-0.15, -0.1) is 10.2 Å². The van der Waals surface area contributed by atoms with E-state index in [4.69, 9.17) is 5.41 Å². The summed E-state index contributed by atoms with van der Waals surface area (Å²) in [5, 5.41) is 24.2. The summed E-state index contributed by atoms with van der Waals surface area (Å²) in [6.07, 6.45) is -1.93. The molecule has 0 fully saturated rings. The number of hydrogen-bond acceptors (Lipinski definition) is 4. The van der Waals surface area contributed by atoms with Crippen LogP contribution in [0.3, 0.4) is 0 Å². The summed E-state index contributed by atoms with van der Waals surface area (Å²) in [5.74, 6) is -0.623. The average molecular weight is 300 g/mol. The van der Waals surface area contributed by atoms with Gasteiger partial charge in [0.1, 0.15) is 11.9 Å². The molecule has 2 N–H and O–H groups in total. The van der Waals surface area contributed by atoms with E-state index in [0.717, 1.165) is 12.3 Å². The third kappa shape index (κ3) is 2.90. The van der Waals surface area contributed by atoms with Crippen LogP contribution in [0.2, 0.25) is 0 Å². The Morgan fingerprint density at radius 3 is 2.62 bits per heavy atom. The first-order chi connectivity index (χ1) is 9.75. The molecule has 1 heterocycles. The van der Waals surface area contributed by atoms with E-state index in [1.54, 1.807) is 6.08 Å². The van der Waals surface area contributed by atoms with Crippen LogP contribution in [0.15, 0.2) is 23.3 Å². The van der Waals surface area contributed by atoms with E-state index in [9.17, 15) is 18.3 Å². The molecule has 5 nitrogen and oxygen atoms in total. The lowest BCUT2D eigenvalue weighted by Crippen LogP contribution is -2.23. The number of rotatable bonds is 3. The lowest BCUT2D eigenvalue weighted by Gasteiger charge is -2.24. The zero-order chi connectivity index (χ0) is 15.8. The molecule has 1 aromatic rings. The minimum atomic E-state index is -4.51. The predicted molar refractivity (Wildman–Crippen MR) is 70.0 cm³/mol. The first-order valence-corrected chi connectivity index (χ1v) is 6.32. The lowest BCUT2D eigenvalue weighted by atomic mass is 9.87. The topological polar surface area (TPSA) is 74.8 Å². The number of alkyl halides is 3. The summed E-state index contributed by atoms with van der Waals surface area (Å²) >= 11 is 0. The summed E-state index contributed by atoms with van der Waals surface area (Å²) in [5.41, 5.74) is -0.535. The highest BCUT2D eigenvalue weighted by atomic mass is 19.4. The van der Waals surface area contributed by atoms with Crippen LogP contribution in [0, 0.1) is 5.41 Å². The van der Waals surface area contributed by atoms with Crippen molar-refractivity contribution in [3.05, 3.63) is 34.9 Å². The molecule has 2 atom stereocenters. The van der Waals surface area contributed by atoms with Crippen LogP contribution < -0.4 is 0 Å². The lowest BCUT2D eigenvalue weighted by molar-refractivity contribution is -0.0963. The number of aromatic nitrogens is 3. The molecule has 0 bridgehead atoms. The summed E-state index contributed by atoms with van der Waals surface area (Å²) in [4.78, 5) is 0. The molecular weight excluding hydrogens is 285 g/mol. The van der Waals surface area contributed by atoms with Gasteiger partial charge in [-0.2, -0.15) is 13.2 Å². The Bertz CT molecular complexity index is 613. The zero-order valence-electron chi connectivity index (χ0n) is 11.5. The third-order valence-corrected chi connectivity index (χ3v) is 3.41. The van der Waals surface area contributed by atoms with Crippen molar-refractivity contribution in [3.8, 4) is 0 Å². The molecule has 1 aliphatic carbocycles. The number of nitrogens with zero attached hydrogens (tertiary/aromatic N) is 3. The Morgan fingerprint density at radius 2 is 2.14 bits per heavy atom. The normalized spacial score (nSPS) is 20.8. The number of aliphatic hydroxyl groups excluding tert-OH is 1. The van der Waals surface area contributed by atoms with Gasteiger partial charge in [-0.25, -0.2) is 0 Å². The van der Waals surface area contributed by atoms with Crippen molar-refractivity contribution < 1.29 is 18.3 Å². The Labute approximate surface area is 119 Å². The van der Waals surface area contributed by atoms with Crippen molar-refractivity contribution in [2.24, 2.45) is 7.05 Å². The smallest absolute Gasteiger partial charge is 0.385 e. The van der Waals surface area contributed by atoms with E-state index in [0.29, 0.717) is 0 Å². The Kier molecular flexibility index (Phi) is 3.99. The van der Waals surface area contributed by atoms with Gasteiger partial charge in [0.25, 0.3) is 0 Å². The fourth-order valence-electron chi connectivity index (χ4n) is 2.37. The van der Waals surface area contributed by atoms with Crippen LogP contribution in [0.4, 0.5) is 13.2 Å². The quantitative estimate of drug-likeness (QED) is 0.842. The molecular formula is C13H15F3N4O. The van der Waals surface area contributed by atoms with Gasteiger partial charge in [-0.1, -0.05) is 6.08 Å². The van der Waals surface area contributed by atoms with Crippen LogP contribution in [-0.2, 0) is 7.05 Å². The van der Waals surface area contributed by atoms with Crippen molar-refractivity contribution in [2.45, 2.75) is 31.5 Å². The SMILES string of the molecule is C[C@H](O)c1nnc([C@H]2CC=C(C=N)C=C2C(F)(F)F)n1C. The number of allylic oxidation sites excluding steroid dienone is 4. The number of nitrogens with one attached hydrogen (secondary N) is 1. The van der Waals surface area contributed by atoms with E-state index in [1.807, 2.05) is 0 Å². The van der Waals surface area contributed by atoms with E-state index >= 15 is 0 Å². The first kappa shape index (κ1) is 15.4. The highest BCUT2D eigenvalue weighted by Gasteiger charge is 2.42. The van der Waals surface area contributed by atoms with E-state index in [1.165, 1.54) is 18.5 Å². The minimum absolute atomic E-state index is 0.0852. The highest BCUT2D eigenvalue weighted by Crippen LogP contribution is 2.41. The molecule has 0 spiro atoms. The van der Waals surface area contributed by atoms with Crippen molar-refractivity contribution >= 4 is 6.21 Å². The van der Waals surface area contributed by atoms with Crippen LogP contribution in [0.1, 0.15) is 37.0 Å².